The Bertz CT molecular complexity index is 226. The molecule has 20 heavy (non-hydrogen) atoms. The van der Waals surface area contributed by atoms with Crippen molar-refractivity contribution >= 4 is 0 Å². The molecule has 0 rings (SSSR count). The molecular weight excluding hydrogens is 244 g/mol. The van der Waals surface area contributed by atoms with E-state index in [0.29, 0.717) is 11.5 Å². The van der Waals surface area contributed by atoms with Gasteiger partial charge in [0.15, 0.2) is 0 Å². The van der Waals surface area contributed by atoms with Crippen LogP contribution < -0.4 is 5.32 Å². The Kier molecular flexibility index (Phi) is 9.74. The van der Waals surface area contributed by atoms with E-state index < -0.39 is 0 Å². The predicted molar refractivity (Wildman–Crippen MR) is 92.3 cm³/mol. The van der Waals surface area contributed by atoms with Crippen molar-refractivity contribution in [1.29, 1.82) is 0 Å². The summed E-state index contributed by atoms with van der Waals surface area (Å²) in [5.41, 5.74) is 0.392. The Morgan fingerprint density at radius 3 is 1.80 bits per heavy atom. The average molecular weight is 285 g/mol. The first kappa shape index (κ1) is 19.9. The molecular formula is C18H40N2. The second kappa shape index (κ2) is 9.78. The SMILES string of the molecule is CCCC(C)(CNC(C)C)CN(CC(C)C)CC(C)C. The molecule has 2 heteroatoms. The van der Waals surface area contributed by atoms with E-state index in [9.17, 15) is 0 Å². The molecule has 1 N–H and O–H groups in total. The highest BCUT2D eigenvalue weighted by Crippen LogP contribution is 2.25. The van der Waals surface area contributed by atoms with E-state index >= 15 is 0 Å². The summed E-state index contributed by atoms with van der Waals surface area (Å²) in [5.74, 6) is 1.50. The van der Waals surface area contributed by atoms with Crippen LogP contribution in [0.3, 0.4) is 0 Å². The lowest BCUT2D eigenvalue weighted by molar-refractivity contribution is 0.124. The van der Waals surface area contributed by atoms with Gasteiger partial charge in [0, 0.05) is 32.2 Å². The van der Waals surface area contributed by atoms with Crippen LogP contribution in [0.15, 0.2) is 0 Å². The quantitative estimate of drug-likeness (QED) is 0.605. The van der Waals surface area contributed by atoms with E-state index in [1.54, 1.807) is 0 Å². The summed E-state index contributed by atoms with van der Waals surface area (Å²) >= 11 is 0. The van der Waals surface area contributed by atoms with Crippen molar-refractivity contribution in [1.82, 2.24) is 10.2 Å². The third-order valence-electron chi connectivity index (χ3n) is 3.64. The normalized spacial score (nSPS) is 15.6. The van der Waals surface area contributed by atoms with Gasteiger partial charge in [0.2, 0.25) is 0 Å². The van der Waals surface area contributed by atoms with Crippen LogP contribution in [0.1, 0.15) is 68.2 Å². The number of hydrogen-bond acceptors (Lipinski definition) is 2. The number of nitrogens with one attached hydrogen (secondary N) is 1. The van der Waals surface area contributed by atoms with Crippen molar-refractivity contribution in [3.8, 4) is 0 Å². The fraction of sp³-hybridized carbons (Fsp3) is 1.00. The Labute approximate surface area is 128 Å². The maximum Gasteiger partial charge on any atom is 0.00477 e. The molecule has 0 radical (unpaired) electrons. The summed E-state index contributed by atoms with van der Waals surface area (Å²) in [4.78, 5) is 2.69. The van der Waals surface area contributed by atoms with Gasteiger partial charge in [-0.2, -0.15) is 0 Å². The number of nitrogens with zero attached hydrogens (tertiary/aromatic N) is 1. The molecule has 0 aliphatic carbocycles. The molecule has 0 saturated carbocycles. The molecule has 0 spiro atoms. The molecule has 0 fully saturated rings. The molecule has 0 heterocycles. The predicted octanol–water partition coefficient (Wildman–Crippen LogP) is 4.40. The molecule has 0 aromatic carbocycles. The van der Waals surface area contributed by atoms with Gasteiger partial charge in [-0.25, -0.2) is 0 Å². The van der Waals surface area contributed by atoms with Crippen molar-refractivity contribution < 1.29 is 0 Å². The monoisotopic (exact) mass is 284 g/mol. The summed E-state index contributed by atoms with van der Waals surface area (Å²) in [6.45, 7) is 23.4. The van der Waals surface area contributed by atoms with E-state index in [1.165, 1.54) is 32.5 Å². The molecule has 0 amide bonds. The molecule has 0 aliphatic rings. The fourth-order valence-corrected chi connectivity index (χ4v) is 3.05. The zero-order chi connectivity index (χ0) is 15.8. The smallest absolute Gasteiger partial charge is 0.00477 e. The minimum atomic E-state index is 0.392. The molecule has 122 valence electrons. The zero-order valence-electron chi connectivity index (χ0n) is 15.4. The van der Waals surface area contributed by atoms with Crippen LogP contribution in [0, 0.1) is 17.3 Å². The van der Waals surface area contributed by atoms with Crippen molar-refractivity contribution in [2.75, 3.05) is 26.2 Å². The first-order valence-electron chi connectivity index (χ1n) is 8.64. The van der Waals surface area contributed by atoms with Crippen LogP contribution in [0.5, 0.6) is 0 Å². The van der Waals surface area contributed by atoms with Crippen LogP contribution in [0.25, 0.3) is 0 Å². The van der Waals surface area contributed by atoms with Gasteiger partial charge >= 0.3 is 0 Å². The van der Waals surface area contributed by atoms with Crippen molar-refractivity contribution in [2.24, 2.45) is 17.3 Å². The standard InChI is InChI=1S/C18H40N2/c1-9-10-18(8,13-19-17(6)7)14-20(11-15(2)3)12-16(4)5/h15-17,19H,9-14H2,1-8H3. The molecule has 0 saturated heterocycles. The topological polar surface area (TPSA) is 15.3 Å². The first-order chi connectivity index (χ1) is 9.18. The van der Waals surface area contributed by atoms with Gasteiger partial charge in [-0.1, -0.05) is 61.8 Å². The summed E-state index contributed by atoms with van der Waals surface area (Å²) in [6.07, 6.45) is 2.58. The van der Waals surface area contributed by atoms with Gasteiger partial charge < -0.3 is 10.2 Å². The van der Waals surface area contributed by atoms with Crippen molar-refractivity contribution in [2.45, 2.75) is 74.3 Å². The molecule has 1 atom stereocenters. The van der Waals surface area contributed by atoms with Crippen LogP contribution in [0.4, 0.5) is 0 Å². The summed E-state index contributed by atoms with van der Waals surface area (Å²) < 4.78 is 0. The molecule has 2 nitrogen and oxygen atoms in total. The summed E-state index contributed by atoms with van der Waals surface area (Å²) in [6, 6.07) is 0.579. The molecule has 0 aliphatic heterocycles. The molecule has 0 aromatic rings. The average Bonchev–Trinajstić information content (AvgIpc) is 2.24. The van der Waals surface area contributed by atoms with Gasteiger partial charge in [-0.05, 0) is 23.7 Å². The lowest BCUT2D eigenvalue weighted by Gasteiger charge is -2.38. The van der Waals surface area contributed by atoms with Gasteiger partial charge in [0.1, 0.15) is 0 Å². The lowest BCUT2D eigenvalue weighted by Crippen LogP contribution is -2.45. The van der Waals surface area contributed by atoms with Crippen molar-refractivity contribution in [3.63, 3.8) is 0 Å². The second-order valence-electron chi connectivity index (χ2n) is 8.08. The highest BCUT2D eigenvalue weighted by Gasteiger charge is 2.27. The maximum atomic E-state index is 3.66. The van der Waals surface area contributed by atoms with Gasteiger partial charge in [0.05, 0.1) is 0 Å². The summed E-state index contributed by atoms with van der Waals surface area (Å²) in [7, 11) is 0. The van der Waals surface area contributed by atoms with E-state index in [-0.39, 0.29) is 0 Å². The summed E-state index contributed by atoms with van der Waals surface area (Å²) in [5, 5.41) is 3.66. The van der Waals surface area contributed by atoms with Crippen LogP contribution >= 0.6 is 0 Å². The Hall–Kier alpha value is -0.0800. The van der Waals surface area contributed by atoms with Gasteiger partial charge in [0.25, 0.3) is 0 Å². The first-order valence-corrected chi connectivity index (χ1v) is 8.64. The Morgan fingerprint density at radius 2 is 1.45 bits per heavy atom. The van der Waals surface area contributed by atoms with Gasteiger partial charge in [-0.3, -0.25) is 0 Å². The van der Waals surface area contributed by atoms with Crippen LogP contribution in [-0.4, -0.2) is 37.1 Å². The highest BCUT2D eigenvalue weighted by molar-refractivity contribution is 4.82. The molecule has 0 bridgehead atoms. The number of rotatable bonds is 11. The van der Waals surface area contributed by atoms with Gasteiger partial charge in [-0.15, -0.1) is 0 Å². The number of hydrogen-bond donors (Lipinski definition) is 1. The Balaban J connectivity index is 4.68. The van der Waals surface area contributed by atoms with E-state index in [0.717, 1.165) is 18.4 Å². The molecule has 1 unspecified atom stereocenters. The fourth-order valence-electron chi connectivity index (χ4n) is 3.05. The van der Waals surface area contributed by atoms with E-state index in [4.69, 9.17) is 0 Å². The van der Waals surface area contributed by atoms with Crippen LogP contribution in [-0.2, 0) is 0 Å². The highest BCUT2D eigenvalue weighted by atomic mass is 15.1. The lowest BCUT2D eigenvalue weighted by atomic mass is 9.84. The second-order valence-corrected chi connectivity index (χ2v) is 8.08. The largest absolute Gasteiger partial charge is 0.314 e. The minimum Gasteiger partial charge on any atom is -0.314 e. The Morgan fingerprint density at radius 1 is 0.950 bits per heavy atom. The zero-order valence-corrected chi connectivity index (χ0v) is 15.4. The van der Waals surface area contributed by atoms with Crippen LogP contribution in [0.2, 0.25) is 0 Å². The third kappa shape index (κ3) is 9.77. The minimum absolute atomic E-state index is 0.392. The third-order valence-corrected chi connectivity index (χ3v) is 3.64. The maximum absolute atomic E-state index is 3.66. The van der Waals surface area contributed by atoms with E-state index in [2.05, 4.69) is 65.6 Å². The van der Waals surface area contributed by atoms with Crippen molar-refractivity contribution in [3.05, 3.63) is 0 Å². The van der Waals surface area contributed by atoms with E-state index in [1.807, 2.05) is 0 Å². The molecule has 0 aromatic heterocycles.